The Morgan fingerprint density at radius 2 is 2.18 bits per heavy atom. The van der Waals surface area contributed by atoms with Crippen LogP contribution in [0.25, 0.3) is 11.0 Å². The molecule has 2 aromatic heterocycles. The largest absolute Gasteiger partial charge is 0.315 e. The van der Waals surface area contributed by atoms with Gasteiger partial charge in [0.15, 0.2) is 5.16 Å². The lowest BCUT2D eigenvalue weighted by atomic mass is 10.2. The SMILES string of the molecule is C=CCn1c(SCCCc2cnn(C)c2)nc2ccccc21. The summed E-state index contributed by atoms with van der Waals surface area (Å²) in [6.45, 7) is 4.65. The number of nitrogens with zero attached hydrogens (tertiary/aromatic N) is 4. The lowest BCUT2D eigenvalue weighted by Crippen LogP contribution is -1.98. The maximum absolute atomic E-state index is 4.74. The lowest BCUT2D eigenvalue weighted by Gasteiger charge is -2.05. The zero-order valence-corrected chi connectivity index (χ0v) is 13.6. The van der Waals surface area contributed by atoms with E-state index in [9.17, 15) is 0 Å². The van der Waals surface area contributed by atoms with Crippen LogP contribution in [0.5, 0.6) is 0 Å². The molecule has 0 fully saturated rings. The highest BCUT2D eigenvalue weighted by molar-refractivity contribution is 7.99. The van der Waals surface area contributed by atoms with Crippen LogP contribution in [0.2, 0.25) is 0 Å². The molecule has 0 N–H and O–H groups in total. The van der Waals surface area contributed by atoms with E-state index in [-0.39, 0.29) is 0 Å². The number of hydrogen-bond donors (Lipinski definition) is 0. The van der Waals surface area contributed by atoms with Crippen molar-refractivity contribution >= 4 is 22.8 Å². The third-order valence-electron chi connectivity index (χ3n) is 3.53. The van der Waals surface area contributed by atoms with E-state index in [2.05, 4.69) is 40.6 Å². The molecule has 4 nitrogen and oxygen atoms in total. The van der Waals surface area contributed by atoms with Crippen molar-refractivity contribution in [3.05, 3.63) is 54.9 Å². The summed E-state index contributed by atoms with van der Waals surface area (Å²) in [5.74, 6) is 1.05. The Balaban J connectivity index is 1.65. The van der Waals surface area contributed by atoms with Crippen LogP contribution in [-0.4, -0.2) is 25.1 Å². The van der Waals surface area contributed by atoms with Gasteiger partial charge >= 0.3 is 0 Å². The second kappa shape index (κ2) is 6.83. The highest BCUT2D eigenvalue weighted by Gasteiger charge is 2.09. The number of benzene rings is 1. The zero-order chi connectivity index (χ0) is 15.4. The van der Waals surface area contributed by atoms with Gasteiger partial charge in [-0.15, -0.1) is 6.58 Å². The third kappa shape index (κ3) is 3.25. The van der Waals surface area contributed by atoms with Gasteiger partial charge in [0.05, 0.1) is 17.2 Å². The molecule has 0 saturated heterocycles. The molecule has 22 heavy (non-hydrogen) atoms. The predicted molar refractivity (Wildman–Crippen MR) is 92.2 cm³/mol. The Bertz CT molecular complexity index is 772. The number of rotatable bonds is 7. The maximum atomic E-state index is 4.74. The van der Waals surface area contributed by atoms with Crippen molar-refractivity contribution in [2.75, 3.05) is 5.75 Å². The number of thioether (sulfide) groups is 1. The molecule has 5 heteroatoms. The summed E-state index contributed by atoms with van der Waals surface area (Å²) in [6.07, 6.45) is 8.12. The molecule has 3 aromatic rings. The first-order chi connectivity index (χ1) is 10.8. The van der Waals surface area contributed by atoms with E-state index in [0.29, 0.717) is 0 Å². The maximum Gasteiger partial charge on any atom is 0.169 e. The van der Waals surface area contributed by atoms with E-state index in [4.69, 9.17) is 4.98 Å². The van der Waals surface area contributed by atoms with Crippen LogP contribution in [-0.2, 0) is 20.0 Å². The van der Waals surface area contributed by atoms with E-state index >= 15 is 0 Å². The van der Waals surface area contributed by atoms with Gasteiger partial charge < -0.3 is 4.57 Å². The van der Waals surface area contributed by atoms with E-state index in [1.807, 2.05) is 41.8 Å². The molecule has 0 atom stereocenters. The standard InChI is InChI=1S/C17H20N4S/c1-3-10-21-16-9-5-4-8-15(16)19-17(21)22-11-6-7-14-12-18-20(2)13-14/h3-5,8-9,12-13H,1,6-7,10-11H2,2H3. The molecule has 0 aliphatic carbocycles. The first-order valence-corrected chi connectivity index (χ1v) is 8.43. The molecule has 0 aliphatic heterocycles. The number of aromatic nitrogens is 4. The average Bonchev–Trinajstić information content (AvgIpc) is 3.09. The number of aryl methyl sites for hydroxylation is 2. The fourth-order valence-corrected chi connectivity index (χ4v) is 3.47. The van der Waals surface area contributed by atoms with Gasteiger partial charge in [0.1, 0.15) is 0 Å². The van der Waals surface area contributed by atoms with Crippen LogP contribution in [0.15, 0.2) is 54.5 Å². The molecule has 114 valence electrons. The summed E-state index contributed by atoms with van der Waals surface area (Å²) in [4.78, 5) is 4.74. The number of imidazole rings is 1. The number of fused-ring (bicyclic) bond motifs is 1. The summed E-state index contributed by atoms with van der Waals surface area (Å²) in [5, 5.41) is 5.28. The van der Waals surface area contributed by atoms with Crippen molar-refractivity contribution in [2.24, 2.45) is 7.05 Å². The predicted octanol–water partition coefficient (Wildman–Crippen LogP) is 3.68. The normalized spacial score (nSPS) is 11.1. The molecule has 0 aliphatic rings. The topological polar surface area (TPSA) is 35.6 Å². The highest BCUT2D eigenvalue weighted by atomic mass is 32.2. The van der Waals surface area contributed by atoms with E-state index in [1.54, 1.807) is 0 Å². The smallest absolute Gasteiger partial charge is 0.169 e. The first-order valence-electron chi connectivity index (χ1n) is 7.44. The van der Waals surface area contributed by atoms with Crippen LogP contribution in [0.3, 0.4) is 0 Å². The molecule has 0 radical (unpaired) electrons. The molecule has 0 saturated carbocycles. The average molecular weight is 312 g/mol. The minimum atomic E-state index is 0.797. The van der Waals surface area contributed by atoms with Crippen LogP contribution in [0.4, 0.5) is 0 Å². The van der Waals surface area contributed by atoms with Crippen molar-refractivity contribution in [2.45, 2.75) is 24.5 Å². The summed E-state index contributed by atoms with van der Waals surface area (Å²) < 4.78 is 4.09. The molecular weight excluding hydrogens is 292 g/mol. The second-order valence-corrected chi connectivity index (χ2v) is 6.32. The molecule has 0 amide bonds. The van der Waals surface area contributed by atoms with Gasteiger partial charge in [0.25, 0.3) is 0 Å². The third-order valence-corrected chi connectivity index (χ3v) is 4.59. The minimum Gasteiger partial charge on any atom is -0.315 e. The number of allylic oxidation sites excluding steroid dienone is 1. The molecule has 3 rings (SSSR count). The Labute approximate surface area is 134 Å². The zero-order valence-electron chi connectivity index (χ0n) is 12.8. The Kier molecular flexibility index (Phi) is 4.63. The van der Waals surface area contributed by atoms with E-state index in [1.165, 1.54) is 11.1 Å². The first kappa shape index (κ1) is 14.9. The monoisotopic (exact) mass is 312 g/mol. The minimum absolute atomic E-state index is 0.797. The van der Waals surface area contributed by atoms with Gasteiger partial charge in [0, 0.05) is 25.5 Å². The molecule has 2 heterocycles. The molecule has 0 spiro atoms. The lowest BCUT2D eigenvalue weighted by molar-refractivity contribution is 0.747. The summed E-state index contributed by atoms with van der Waals surface area (Å²) in [7, 11) is 1.95. The van der Waals surface area contributed by atoms with Crippen molar-refractivity contribution < 1.29 is 0 Å². The van der Waals surface area contributed by atoms with Gasteiger partial charge in [-0.25, -0.2) is 4.98 Å². The van der Waals surface area contributed by atoms with Crippen molar-refractivity contribution in [3.8, 4) is 0 Å². The van der Waals surface area contributed by atoms with Crippen molar-refractivity contribution in [1.82, 2.24) is 19.3 Å². The van der Waals surface area contributed by atoms with Crippen molar-refractivity contribution in [1.29, 1.82) is 0 Å². The molecule has 0 unspecified atom stereocenters. The van der Waals surface area contributed by atoms with Crippen LogP contribution in [0, 0.1) is 0 Å². The van der Waals surface area contributed by atoms with E-state index < -0.39 is 0 Å². The van der Waals surface area contributed by atoms with Crippen molar-refractivity contribution in [3.63, 3.8) is 0 Å². The summed E-state index contributed by atoms with van der Waals surface area (Å²) in [5.41, 5.74) is 3.53. The van der Waals surface area contributed by atoms with Gasteiger partial charge in [-0.05, 0) is 30.5 Å². The molecule has 0 bridgehead atoms. The Morgan fingerprint density at radius 1 is 1.32 bits per heavy atom. The molecule has 1 aromatic carbocycles. The quantitative estimate of drug-likeness (QED) is 0.379. The van der Waals surface area contributed by atoms with Gasteiger partial charge in [0.2, 0.25) is 0 Å². The Morgan fingerprint density at radius 3 is 2.95 bits per heavy atom. The highest BCUT2D eigenvalue weighted by Crippen LogP contribution is 2.24. The van der Waals surface area contributed by atoms with Crippen LogP contribution in [0.1, 0.15) is 12.0 Å². The van der Waals surface area contributed by atoms with E-state index in [0.717, 1.165) is 35.8 Å². The summed E-state index contributed by atoms with van der Waals surface area (Å²) in [6, 6.07) is 8.27. The fraction of sp³-hybridized carbons (Fsp3) is 0.294. The molecular formula is C17H20N4S. The second-order valence-electron chi connectivity index (χ2n) is 5.26. The van der Waals surface area contributed by atoms with Crippen LogP contribution >= 0.6 is 11.8 Å². The summed E-state index contributed by atoms with van der Waals surface area (Å²) >= 11 is 1.82. The fourth-order valence-electron chi connectivity index (χ4n) is 2.51. The van der Waals surface area contributed by atoms with Gasteiger partial charge in [-0.3, -0.25) is 4.68 Å². The van der Waals surface area contributed by atoms with Gasteiger partial charge in [-0.2, -0.15) is 5.10 Å². The number of hydrogen-bond acceptors (Lipinski definition) is 3. The van der Waals surface area contributed by atoms with Gasteiger partial charge in [-0.1, -0.05) is 30.0 Å². The van der Waals surface area contributed by atoms with Crippen LogP contribution < -0.4 is 0 Å². The Hall–Kier alpha value is -2.01. The number of para-hydroxylation sites is 2.